The number of benzene rings is 1. The molecule has 1 aromatic carbocycles. The highest BCUT2D eigenvalue weighted by molar-refractivity contribution is 7.12. The second kappa shape index (κ2) is 8.02. The van der Waals surface area contributed by atoms with Gasteiger partial charge in [0.05, 0.1) is 20.6 Å². The summed E-state index contributed by atoms with van der Waals surface area (Å²) in [4.78, 5) is 19.4. The molecule has 0 saturated carbocycles. The van der Waals surface area contributed by atoms with Gasteiger partial charge in [-0.25, -0.2) is 13.8 Å². The predicted octanol–water partition coefficient (Wildman–Crippen LogP) is 5.87. The number of hydrogen-bond acceptors (Lipinski definition) is 5. The molecule has 0 spiro atoms. The van der Waals surface area contributed by atoms with Gasteiger partial charge in [0.2, 0.25) is 0 Å². The third-order valence-corrected chi connectivity index (χ3v) is 7.49. The van der Waals surface area contributed by atoms with Crippen LogP contribution >= 0.6 is 46.1 Å². The maximum atomic E-state index is 13.9. The van der Waals surface area contributed by atoms with Crippen molar-refractivity contribution in [1.29, 1.82) is 0 Å². The second-order valence-electron chi connectivity index (χ2n) is 6.35. The SMILES string of the molecule is O=C(c1c(F)cccc1F)N1CCC(c2nc(-c3snc(Cl)c3Cl)cs2)CC1. The van der Waals surface area contributed by atoms with Crippen molar-refractivity contribution in [3.63, 3.8) is 0 Å². The average Bonchev–Trinajstić information content (AvgIpc) is 3.29. The van der Waals surface area contributed by atoms with Crippen LogP contribution in [-0.2, 0) is 0 Å². The van der Waals surface area contributed by atoms with Crippen LogP contribution in [0, 0.1) is 11.6 Å². The van der Waals surface area contributed by atoms with E-state index >= 15 is 0 Å². The minimum absolute atomic E-state index is 0.176. The van der Waals surface area contributed by atoms with Crippen LogP contribution in [0.5, 0.6) is 0 Å². The molecule has 28 heavy (non-hydrogen) atoms. The molecule has 0 N–H and O–H groups in total. The summed E-state index contributed by atoms with van der Waals surface area (Å²) < 4.78 is 31.8. The zero-order valence-electron chi connectivity index (χ0n) is 14.3. The van der Waals surface area contributed by atoms with Gasteiger partial charge < -0.3 is 4.90 Å². The van der Waals surface area contributed by atoms with Crippen molar-refractivity contribution >= 4 is 52.0 Å². The monoisotopic (exact) mass is 459 g/mol. The van der Waals surface area contributed by atoms with Crippen LogP contribution in [0.25, 0.3) is 10.6 Å². The van der Waals surface area contributed by atoms with Gasteiger partial charge in [0.15, 0.2) is 5.15 Å². The number of carbonyl (C=O) groups excluding carboxylic acids is 1. The minimum atomic E-state index is -0.836. The van der Waals surface area contributed by atoms with Crippen molar-refractivity contribution in [2.75, 3.05) is 13.1 Å². The standard InChI is InChI=1S/C18H13Cl2F2N3OS2/c19-14-15(28-24-16(14)20)12-8-27-17(23-12)9-4-6-25(7-5-9)18(26)13-10(21)2-1-3-11(13)22/h1-3,8-9H,4-7H2. The predicted molar refractivity (Wildman–Crippen MR) is 107 cm³/mol. The van der Waals surface area contributed by atoms with Crippen LogP contribution in [-0.4, -0.2) is 33.3 Å². The third-order valence-electron chi connectivity index (χ3n) is 4.66. The molecule has 10 heteroatoms. The van der Waals surface area contributed by atoms with Gasteiger partial charge in [-0.15, -0.1) is 11.3 Å². The van der Waals surface area contributed by atoms with Crippen molar-refractivity contribution in [2.45, 2.75) is 18.8 Å². The Kier molecular flexibility index (Phi) is 5.64. The summed E-state index contributed by atoms with van der Waals surface area (Å²) in [5, 5.41) is 3.52. The number of carbonyl (C=O) groups is 1. The lowest BCUT2D eigenvalue weighted by atomic mass is 9.97. The van der Waals surface area contributed by atoms with Gasteiger partial charge in [0.25, 0.3) is 5.91 Å². The van der Waals surface area contributed by atoms with E-state index < -0.39 is 23.1 Å². The molecule has 3 heterocycles. The summed E-state index contributed by atoms with van der Waals surface area (Å²) in [6.07, 6.45) is 1.35. The Morgan fingerprint density at radius 1 is 1.18 bits per heavy atom. The molecule has 1 saturated heterocycles. The number of hydrogen-bond donors (Lipinski definition) is 0. The summed E-state index contributed by atoms with van der Waals surface area (Å²) in [6.45, 7) is 0.832. The smallest absolute Gasteiger partial charge is 0.259 e. The zero-order chi connectivity index (χ0) is 19.8. The van der Waals surface area contributed by atoms with E-state index in [1.165, 1.54) is 33.8 Å². The lowest BCUT2D eigenvalue weighted by molar-refractivity contribution is 0.0703. The number of halogens is 4. The molecule has 0 unspecified atom stereocenters. The molecule has 4 rings (SSSR count). The van der Waals surface area contributed by atoms with Gasteiger partial charge in [0, 0.05) is 24.4 Å². The third kappa shape index (κ3) is 3.66. The summed E-state index contributed by atoms with van der Waals surface area (Å²) in [6, 6.07) is 3.43. The molecule has 0 bridgehead atoms. The fraction of sp³-hybridized carbons (Fsp3) is 0.278. The fourth-order valence-corrected chi connectivity index (χ4v) is 5.43. The van der Waals surface area contributed by atoms with Crippen LogP contribution < -0.4 is 0 Å². The van der Waals surface area contributed by atoms with Crippen molar-refractivity contribution < 1.29 is 13.6 Å². The highest BCUT2D eigenvalue weighted by Crippen LogP contribution is 2.39. The van der Waals surface area contributed by atoms with E-state index in [1.54, 1.807) is 0 Å². The van der Waals surface area contributed by atoms with Gasteiger partial charge >= 0.3 is 0 Å². The first kappa shape index (κ1) is 19.7. The molecule has 146 valence electrons. The molecule has 0 aliphatic carbocycles. The second-order valence-corrected chi connectivity index (χ2v) is 8.75. The number of amides is 1. The molecule has 0 atom stereocenters. The van der Waals surface area contributed by atoms with Crippen LogP contribution in [0.1, 0.15) is 34.1 Å². The number of rotatable bonds is 3. The van der Waals surface area contributed by atoms with E-state index in [4.69, 9.17) is 23.2 Å². The maximum absolute atomic E-state index is 13.9. The number of aromatic nitrogens is 2. The zero-order valence-corrected chi connectivity index (χ0v) is 17.4. The fourth-order valence-electron chi connectivity index (χ4n) is 3.19. The Morgan fingerprint density at radius 3 is 2.46 bits per heavy atom. The quantitative estimate of drug-likeness (QED) is 0.491. The highest BCUT2D eigenvalue weighted by atomic mass is 35.5. The van der Waals surface area contributed by atoms with E-state index in [0.717, 1.165) is 27.7 Å². The molecule has 1 aliphatic rings. The summed E-state index contributed by atoms with van der Waals surface area (Å²) >= 11 is 14.8. The van der Waals surface area contributed by atoms with E-state index in [9.17, 15) is 13.6 Å². The molecule has 1 fully saturated rings. The Hall–Kier alpha value is -1.61. The van der Waals surface area contributed by atoms with Crippen LogP contribution in [0.4, 0.5) is 8.78 Å². The average molecular weight is 460 g/mol. The Morgan fingerprint density at radius 2 is 1.86 bits per heavy atom. The van der Waals surface area contributed by atoms with E-state index in [0.29, 0.717) is 31.0 Å². The van der Waals surface area contributed by atoms with Gasteiger partial charge in [0.1, 0.15) is 17.2 Å². The molecule has 3 aromatic rings. The van der Waals surface area contributed by atoms with E-state index in [-0.39, 0.29) is 11.1 Å². The van der Waals surface area contributed by atoms with Gasteiger partial charge in [-0.2, -0.15) is 4.37 Å². The lowest BCUT2D eigenvalue weighted by Gasteiger charge is -2.31. The Balaban J connectivity index is 1.45. The molecule has 2 aromatic heterocycles. The van der Waals surface area contributed by atoms with Crippen molar-refractivity contribution in [1.82, 2.24) is 14.3 Å². The Bertz CT molecular complexity index is 1010. The highest BCUT2D eigenvalue weighted by Gasteiger charge is 2.29. The van der Waals surface area contributed by atoms with Crippen molar-refractivity contribution in [3.05, 3.63) is 56.0 Å². The molecular formula is C18H13Cl2F2N3OS2. The normalized spacial score (nSPS) is 15.2. The first-order valence-corrected chi connectivity index (χ1v) is 10.9. The van der Waals surface area contributed by atoms with Crippen LogP contribution in [0.15, 0.2) is 23.6 Å². The maximum Gasteiger partial charge on any atom is 0.259 e. The van der Waals surface area contributed by atoms with E-state index in [2.05, 4.69) is 9.36 Å². The molecular weight excluding hydrogens is 447 g/mol. The largest absolute Gasteiger partial charge is 0.338 e. The number of piperidine rings is 1. The summed E-state index contributed by atoms with van der Waals surface area (Å²) in [5.41, 5.74) is 0.246. The lowest BCUT2D eigenvalue weighted by Crippen LogP contribution is -2.38. The van der Waals surface area contributed by atoms with E-state index in [1.807, 2.05) is 5.38 Å². The number of likely N-dealkylation sites (tertiary alicyclic amines) is 1. The first-order chi connectivity index (χ1) is 13.5. The van der Waals surface area contributed by atoms with Crippen molar-refractivity contribution in [3.8, 4) is 10.6 Å². The summed E-state index contributed by atoms with van der Waals surface area (Å²) in [5.74, 6) is -2.11. The minimum Gasteiger partial charge on any atom is -0.338 e. The van der Waals surface area contributed by atoms with Gasteiger partial charge in [-0.1, -0.05) is 29.3 Å². The number of thiazole rings is 1. The first-order valence-electron chi connectivity index (χ1n) is 8.45. The summed E-state index contributed by atoms with van der Waals surface area (Å²) in [7, 11) is 0. The van der Waals surface area contributed by atoms with Gasteiger partial charge in [-0.05, 0) is 36.5 Å². The molecule has 0 radical (unpaired) electrons. The topological polar surface area (TPSA) is 46.1 Å². The molecule has 4 nitrogen and oxygen atoms in total. The number of nitrogens with zero attached hydrogens (tertiary/aromatic N) is 3. The van der Waals surface area contributed by atoms with Gasteiger partial charge in [-0.3, -0.25) is 4.79 Å². The molecule has 1 aliphatic heterocycles. The Labute approximate surface area is 177 Å². The van der Waals surface area contributed by atoms with Crippen LogP contribution in [0.3, 0.4) is 0 Å². The van der Waals surface area contributed by atoms with Crippen LogP contribution in [0.2, 0.25) is 10.2 Å². The molecule has 1 amide bonds. The van der Waals surface area contributed by atoms with Crippen molar-refractivity contribution in [2.24, 2.45) is 0 Å².